The van der Waals surface area contributed by atoms with Crippen LogP contribution in [0.4, 0.5) is 5.69 Å². The lowest BCUT2D eigenvalue weighted by molar-refractivity contribution is 0.512. The van der Waals surface area contributed by atoms with Gasteiger partial charge in [0.05, 0.1) is 32.7 Å². The van der Waals surface area contributed by atoms with Crippen molar-refractivity contribution >= 4 is 56.6 Å². The molecule has 9 nitrogen and oxygen atoms in total. The predicted molar refractivity (Wildman–Crippen MR) is 129 cm³/mol. The number of nitrogens with zero attached hydrogens (tertiary/aromatic N) is 5. The van der Waals surface area contributed by atoms with Gasteiger partial charge in [0.1, 0.15) is 16.8 Å². The van der Waals surface area contributed by atoms with Gasteiger partial charge in [0.15, 0.2) is 0 Å². The maximum atomic E-state index is 12.5. The summed E-state index contributed by atoms with van der Waals surface area (Å²) in [5.74, 6) is -0.0161. The average molecular weight is 483 g/mol. The lowest BCUT2D eigenvalue weighted by atomic mass is 10.2. The van der Waals surface area contributed by atoms with E-state index < -0.39 is 11.3 Å². The number of hydrogen-bond donors (Lipinski definition) is 0. The molecule has 0 amide bonds. The Kier molecular flexibility index (Phi) is 5.53. The maximum Gasteiger partial charge on any atom is 0.347 e. The van der Waals surface area contributed by atoms with Gasteiger partial charge in [-0.05, 0) is 72.5 Å². The first kappa shape index (κ1) is 21.4. The molecule has 162 valence electrons. The Balaban J connectivity index is 1.59. The van der Waals surface area contributed by atoms with Gasteiger partial charge < -0.3 is 8.83 Å². The van der Waals surface area contributed by atoms with E-state index in [9.17, 15) is 9.59 Å². The van der Waals surface area contributed by atoms with E-state index in [4.69, 9.17) is 14.1 Å². The zero-order valence-corrected chi connectivity index (χ0v) is 18.5. The second-order valence-electron chi connectivity index (χ2n) is 6.80. The number of rotatable bonds is 4. The topological polar surface area (TPSA) is 135 Å². The molecule has 0 aliphatic rings. The highest BCUT2D eigenvalue weighted by Crippen LogP contribution is 2.25. The fraction of sp³-hybridized carbons (Fsp3) is 0. The number of aromatic nitrogens is 3. The number of isothiocyanates is 1. The molecule has 34 heavy (non-hydrogen) atoms. The van der Waals surface area contributed by atoms with Gasteiger partial charge in [-0.25, -0.2) is 24.5 Å². The molecule has 0 saturated carbocycles. The van der Waals surface area contributed by atoms with Gasteiger partial charge in [-0.15, -0.1) is 0 Å². The fourth-order valence-electron chi connectivity index (χ4n) is 3.24. The molecule has 0 N–H and O–H groups in total. The van der Waals surface area contributed by atoms with Crippen LogP contribution in [0.15, 0.2) is 82.9 Å². The standard InChI is InChI=1S/C23H9N5O4S2/c24-10-34-13-5-7-17-15(9-13)23(30)32-21(28-17)19-3-1-2-18(26-19)20-27-16-6-4-12(25-11-33)8-14(16)22(29)31-20/h1-9H. The normalized spacial score (nSPS) is 10.7. The molecule has 3 aromatic heterocycles. The van der Waals surface area contributed by atoms with Gasteiger partial charge in [0, 0.05) is 4.90 Å². The first-order chi connectivity index (χ1) is 16.6. The van der Waals surface area contributed by atoms with E-state index in [2.05, 4.69) is 37.3 Å². The van der Waals surface area contributed by atoms with Crippen LogP contribution in [0.1, 0.15) is 0 Å². The minimum absolute atomic E-state index is 0.00765. The van der Waals surface area contributed by atoms with Crippen molar-refractivity contribution in [3.05, 3.63) is 75.4 Å². The summed E-state index contributed by atoms with van der Waals surface area (Å²) in [7, 11) is 0. The first-order valence-electron chi connectivity index (χ1n) is 9.57. The Morgan fingerprint density at radius 3 is 2.09 bits per heavy atom. The summed E-state index contributed by atoms with van der Waals surface area (Å²) in [5, 5.41) is 13.5. The average Bonchev–Trinajstić information content (AvgIpc) is 2.85. The third kappa shape index (κ3) is 4.00. The summed E-state index contributed by atoms with van der Waals surface area (Å²) in [6, 6.07) is 14.5. The Morgan fingerprint density at radius 2 is 1.47 bits per heavy atom. The van der Waals surface area contributed by atoms with E-state index in [0.717, 1.165) is 11.8 Å². The van der Waals surface area contributed by atoms with Crippen LogP contribution < -0.4 is 11.3 Å². The van der Waals surface area contributed by atoms with Crippen molar-refractivity contribution in [3.8, 4) is 28.6 Å². The van der Waals surface area contributed by atoms with E-state index in [1.807, 2.05) is 5.40 Å². The number of thiocarbonyl (C=S) groups is 1. The van der Waals surface area contributed by atoms with Gasteiger partial charge >= 0.3 is 11.3 Å². The summed E-state index contributed by atoms with van der Waals surface area (Å²) in [4.78, 5) is 42.7. The Morgan fingerprint density at radius 1 is 0.853 bits per heavy atom. The molecule has 0 spiro atoms. The summed E-state index contributed by atoms with van der Waals surface area (Å²) in [6.07, 6.45) is 0. The SMILES string of the molecule is N#CSc1ccc2nc(-c3cccc(-c4nc5ccc(N=C=S)cc5c(=O)o4)n3)oc(=O)c2c1. The van der Waals surface area contributed by atoms with Crippen LogP contribution in [0.5, 0.6) is 0 Å². The predicted octanol–water partition coefficient (Wildman–Crippen LogP) is 4.73. The number of thiocyanates is 1. The van der Waals surface area contributed by atoms with Crippen molar-refractivity contribution in [2.75, 3.05) is 0 Å². The van der Waals surface area contributed by atoms with E-state index in [0.29, 0.717) is 21.6 Å². The van der Waals surface area contributed by atoms with Crippen LogP contribution in [-0.4, -0.2) is 20.1 Å². The molecule has 0 aliphatic carbocycles. The molecule has 5 rings (SSSR count). The third-order valence-corrected chi connectivity index (χ3v) is 5.41. The largest absolute Gasteiger partial charge is 0.401 e. The Hall–Kier alpha value is -4.49. The maximum absolute atomic E-state index is 12.5. The van der Waals surface area contributed by atoms with Crippen molar-refractivity contribution in [2.24, 2.45) is 4.99 Å². The molecule has 5 aromatic rings. The van der Waals surface area contributed by atoms with E-state index in [1.165, 1.54) is 6.07 Å². The molecular formula is C23H9N5O4S2. The monoisotopic (exact) mass is 483 g/mol. The molecule has 0 saturated heterocycles. The Labute approximate surface area is 199 Å². The minimum atomic E-state index is -0.616. The second kappa shape index (κ2) is 8.80. The quantitative estimate of drug-likeness (QED) is 0.153. The van der Waals surface area contributed by atoms with Crippen molar-refractivity contribution in [1.29, 1.82) is 5.26 Å². The number of aliphatic imine (C=N–C) groups is 1. The van der Waals surface area contributed by atoms with E-state index in [1.54, 1.807) is 48.5 Å². The molecule has 0 aliphatic heterocycles. The molecule has 3 heterocycles. The van der Waals surface area contributed by atoms with Gasteiger partial charge in [-0.2, -0.15) is 10.3 Å². The van der Waals surface area contributed by atoms with Crippen LogP contribution in [0.3, 0.4) is 0 Å². The molecule has 0 bridgehead atoms. The summed E-state index contributed by atoms with van der Waals surface area (Å²) >= 11 is 5.52. The molecule has 11 heteroatoms. The number of benzene rings is 2. The smallest absolute Gasteiger partial charge is 0.347 e. The molecule has 0 unspecified atom stereocenters. The second-order valence-corrected chi connectivity index (χ2v) is 7.84. The molecular weight excluding hydrogens is 474 g/mol. The van der Waals surface area contributed by atoms with E-state index >= 15 is 0 Å². The van der Waals surface area contributed by atoms with Crippen LogP contribution in [0, 0.1) is 10.7 Å². The van der Waals surface area contributed by atoms with Gasteiger partial charge in [0.25, 0.3) is 0 Å². The molecule has 2 aromatic carbocycles. The van der Waals surface area contributed by atoms with Crippen molar-refractivity contribution in [2.45, 2.75) is 4.90 Å². The van der Waals surface area contributed by atoms with Crippen molar-refractivity contribution in [3.63, 3.8) is 0 Å². The summed E-state index contributed by atoms with van der Waals surface area (Å²) in [6.45, 7) is 0. The van der Waals surface area contributed by atoms with Crippen molar-refractivity contribution in [1.82, 2.24) is 15.0 Å². The highest BCUT2D eigenvalue weighted by atomic mass is 32.2. The lowest BCUT2D eigenvalue weighted by Crippen LogP contribution is -2.05. The first-order valence-corrected chi connectivity index (χ1v) is 10.8. The fourth-order valence-corrected chi connectivity index (χ4v) is 3.77. The minimum Gasteiger partial charge on any atom is -0.401 e. The number of pyridine rings is 1. The van der Waals surface area contributed by atoms with Crippen LogP contribution in [-0.2, 0) is 0 Å². The highest BCUT2D eigenvalue weighted by molar-refractivity contribution is 8.03. The molecule has 0 radical (unpaired) electrons. The zero-order valence-electron chi connectivity index (χ0n) is 16.9. The van der Waals surface area contributed by atoms with Crippen LogP contribution in [0.25, 0.3) is 45.0 Å². The van der Waals surface area contributed by atoms with Gasteiger partial charge in [0.2, 0.25) is 11.8 Å². The van der Waals surface area contributed by atoms with Crippen LogP contribution >= 0.6 is 24.0 Å². The van der Waals surface area contributed by atoms with Crippen molar-refractivity contribution < 1.29 is 8.83 Å². The number of nitriles is 1. The number of fused-ring (bicyclic) bond motifs is 2. The third-order valence-electron chi connectivity index (χ3n) is 4.74. The number of thioether (sulfide) groups is 1. The Bertz CT molecular complexity index is 1820. The van der Waals surface area contributed by atoms with E-state index in [-0.39, 0.29) is 33.9 Å². The zero-order chi connectivity index (χ0) is 23.7. The van der Waals surface area contributed by atoms with Gasteiger partial charge in [-0.3, -0.25) is 0 Å². The highest BCUT2D eigenvalue weighted by Gasteiger charge is 2.15. The lowest BCUT2D eigenvalue weighted by Gasteiger charge is -2.05. The summed E-state index contributed by atoms with van der Waals surface area (Å²) < 4.78 is 10.7. The summed E-state index contributed by atoms with van der Waals surface area (Å²) in [5.41, 5.74) is 0.520. The molecule has 0 fully saturated rings. The van der Waals surface area contributed by atoms with Gasteiger partial charge in [-0.1, -0.05) is 6.07 Å². The van der Waals surface area contributed by atoms with Crippen LogP contribution in [0.2, 0.25) is 0 Å². The molecule has 0 atom stereocenters. The number of hydrogen-bond acceptors (Lipinski definition) is 11.